The zero-order chi connectivity index (χ0) is 13.5. The standard InChI is InChI=1S/C16H16N2O/c1-19-16-10-6-5-9-15(16)18-14(11-12-17)13-7-3-2-4-8-13/h2-10,14,18H,11H2,1H3. The van der Waals surface area contributed by atoms with Gasteiger partial charge in [-0.05, 0) is 17.7 Å². The summed E-state index contributed by atoms with van der Waals surface area (Å²) in [6, 6.07) is 19.9. The number of rotatable bonds is 5. The number of anilines is 1. The lowest BCUT2D eigenvalue weighted by Gasteiger charge is -2.19. The highest BCUT2D eigenvalue weighted by Gasteiger charge is 2.12. The second-order valence-electron chi connectivity index (χ2n) is 4.17. The Labute approximate surface area is 113 Å². The summed E-state index contributed by atoms with van der Waals surface area (Å²) in [5.74, 6) is 0.779. The first-order valence-corrected chi connectivity index (χ1v) is 6.16. The molecule has 1 N–H and O–H groups in total. The van der Waals surface area contributed by atoms with Crippen molar-refractivity contribution in [2.75, 3.05) is 12.4 Å². The van der Waals surface area contributed by atoms with Crippen LogP contribution in [0.3, 0.4) is 0 Å². The van der Waals surface area contributed by atoms with Crippen molar-refractivity contribution in [3.8, 4) is 11.8 Å². The summed E-state index contributed by atoms with van der Waals surface area (Å²) in [6.07, 6.45) is 0.405. The van der Waals surface area contributed by atoms with Gasteiger partial charge in [-0.1, -0.05) is 42.5 Å². The zero-order valence-electron chi connectivity index (χ0n) is 10.8. The summed E-state index contributed by atoms with van der Waals surface area (Å²) < 4.78 is 5.31. The average Bonchev–Trinajstić information content (AvgIpc) is 2.48. The smallest absolute Gasteiger partial charge is 0.141 e. The maximum atomic E-state index is 8.98. The molecule has 0 aliphatic heterocycles. The summed E-state index contributed by atoms with van der Waals surface area (Å²) in [5.41, 5.74) is 1.99. The lowest BCUT2D eigenvalue weighted by Crippen LogP contribution is -2.10. The predicted octanol–water partition coefficient (Wildman–Crippen LogP) is 3.76. The monoisotopic (exact) mass is 252 g/mol. The Kier molecular flexibility index (Phi) is 4.41. The highest BCUT2D eigenvalue weighted by atomic mass is 16.5. The second-order valence-corrected chi connectivity index (χ2v) is 4.17. The Morgan fingerprint density at radius 2 is 1.79 bits per heavy atom. The summed E-state index contributed by atoms with van der Waals surface area (Å²) in [6.45, 7) is 0. The fraction of sp³-hybridized carbons (Fsp3) is 0.188. The van der Waals surface area contributed by atoms with Gasteiger partial charge in [0.25, 0.3) is 0 Å². The van der Waals surface area contributed by atoms with Crippen LogP contribution in [-0.4, -0.2) is 7.11 Å². The van der Waals surface area contributed by atoms with Crippen LogP contribution in [0.5, 0.6) is 5.75 Å². The highest BCUT2D eigenvalue weighted by molar-refractivity contribution is 5.57. The van der Waals surface area contributed by atoms with E-state index in [9.17, 15) is 0 Å². The first-order chi connectivity index (χ1) is 9.35. The van der Waals surface area contributed by atoms with E-state index in [0.29, 0.717) is 6.42 Å². The van der Waals surface area contributed by atoms with Crippen molar-refractivity contribution in [2.24, 2.45) is 0 Å². The number of hydrogen-bond donors (Lipinski definition) is 1. The van der Waals surface area contributed by atoms with Gasteiger partial charge in [-0.3, -0.25) is 0 Å². The normalized spacial score (nSPS) is 11.4. The minimum absolute atomic E-state index is 0.0394. The molecule has 0 spiro atoms. The Morgan fingerprint density at radius 1 is 1.11 bits per heavy atom. The molecule has 3 heteroatoms. The fourth-order valence-corrected chi connectivity index (χ4v) is 1.98. The first kappa shape index (κ1) is 13.0. The molecule has 0 amide bonds. The van der Waals surface area contributed by atoms with Gasteiger partial charge in [0.1, 0.15) is 5.75 Å². The van der Waals surface area contributed by atoms with Gasteiger partial charge in [0.15, 0.2) is 0 Å². The van der Waals surface area contributed by atoms with Gasteiger partial charge >= 0.3 is 0 Å². The van der Waals surface area contributed by atoms with Gasteiger partial charge in [-0.2, -0.15) is 5.26 Å². The highest BCUT2D eigenvalue weighted by Crippen LogP contribution is 2.29. The van der Waals surface area contributed by atoms with E-state index >= 15 is 0 Å². The van der Waals surface area contributed by atoms with Crippen molar-refractivity contribution >= 4 is 5.69 Å². The number of nitrogens with one attached hydrogen (secondary N) is 1. The Morgan fingerprint density at radius 3 is 2.47 bits per heavy atom. The van der Waals surface area contributed by atoms with Crippen molar-refractivity contribution in [3.63, 3.8) is 0 Å². The summed E-state index contributed by atoms with van der Waals surface area (Å²) in [7, 11) is 1.64. The summed E-state index contributed by atoms with van der Waals surface area (Å²) in [5, 5.41) is 12.3. The molecule has 3 nitrogen and oxygen atoms in total. The van der Waals surface area contributed by atoms with Gasteiger partial charge in [-0.15, -0.1) is 0 Å². The third-order valence-corrected chi connectivity index (χ3v) is 2.93. The molecule has 0 heterocycles. The second kappa shape index (κ2) is 6.46. The van der Waals surface area contributed by atoms with Gasteiger partial charge in [0.05, 0.1) is 31.3 Å². The number of methoxy groups -OCH3 is 1. The maximum Gasteiger partial charge on any atom is 0.141 e. The van der Waals surface area contributed by atoms with Crippen molar-refractivity contribution in [2.45, 2.75) is 12.5 Å². The lowest BCUT2D eigenvalue weighted by molar-refractivity contribution is 0.416. The first-order valence-electron chi connectivity index (χ1n) is 6.16. The van der Waals surface area contributed by atoms with Crippen LogP contribution in [0.4, 0.5) is 5.69 Å². The average molecular weight is 252 g/mol. The topological polar surface area (TPSA) is 45.0 Å². The Hall–Kier alpha value is -2.47. The molecule has 2 rings (SSSR count). The Bertz CT molecular complexity index is 560. The molecule has 2 aromatic rings. The molecular weight excluding hydrogens is 236 g/mol. The van der Waals surface area contributed by atoms with Crippen LogP contribution in [0.25, 0.3) is 0 Å². The summed E-state index contributed by atoms with van der Waals surface area (Å²) in [4.78, 5) is 0. The van der Waals surface area contributed by atoms with E-state index in [1.165, 1.54) is 0 Å². The molecule has 19 heavy (non-hydrogen) atoms. The maximum absolute atomic E-state index is 8.98. The van der Waals surface area contributed by atoms with E-state index in [0.717, 1.165) is 17.0 Å². The number of hydrogen-bond acceptors (Lipinski definition) is 3. The van der Waals surface area contributed by atoms with Gasteiger partial charge in [0.2, 0.25) is 0 Å². The number of nitriles is 1. The summed E-state index contributed by atoms with van der Waals surface area (Å²) >= 11 is 0. The van der Waals surface area contributed by atoms with E-state index in [1.807, 2.05) is 54.6 Å². The van der Waals surface area contributed by atoms with Crippen LogP contribution in [0, 0.1) is 11.3 Å². The van der Waals surface area contributed by atoms with Crippen LogP contribution >= 0.6 is 0 Å². The van der Waals surface area contributed by atoms with Crippen LogP contribution in [0.15, 0.2) is 54.6 Å². The molecule has 0 aromatic heterocycles. The third-order valence-electron chi connectivity index (χ3n) is 2.93. The zero-order valence-corrected chi connectivity index (χ0v) is 10.8. The molecule has 0 radical (unpaired) electrons. The van der Waals surface area contributed by atoms with E-state index in [4.69, 9.17) is 10.00 Å². The van der Waals surface area contributed by atoms with Crippen LogP contribution in [0.1, 0.15) is 18.0 Å². The third kappa shape index (κ3) is 3.26. The van der Waals surface area contributed by atoms with Gasteiger partial charge in [0, 0.05) is 0 Å². The van der Waals surface area contributed by atoms with Crippen LogP contribution < -0.4 is 10.1 Å². The van der Waals surface area contributed by atoms with E-state index in [2.05, 4.69) is 11.4 Å². The lowest BCUT2D eigenvalue weighted by atomic mass is 10.0. The number of nitrogens with zero attached hydrogens (tertiary/aromatic N) is 1. The number of para-hydroxylation sites is 2. The fourth-order valence-electron chi connectivity index (χ4n) is 1.98. The van der Waals surface area contributed by atoms with E-state index in [-0.39, 0.29) is 6.04 Å². The van der Waals surface area contributed by atoms with Crippen LogP contribution in [-0.2, 0) is 0 Å². The number of ether oxygens (including phenoxy) is 1. The van der Waals surface area contributed by atoms with E-state index < -0.39 is 0 Å². The van der Waals surface area contributed by atoms with Gasteiger partial charge in [-0.25, -0.2) is 0 Å². The van der Waals surface area contributed by atoms with Crippen LogP contribution in [0.2, 0.25) is 0 Å². The minimum atomic E-state index is -0.0394. The molecule has 96 valence electrons. The SMILES string of the molecule is COc1ccccc1NC(CC#N)c1ccccc1. The Balaban J connectivity index is 2.24. The molecular formula is C16H16N2O. The van der Waals surface area contributed by atoms with Gasteiger partial charge < -0.3 is 10.1 Å². The molecule has 0 aliphatic carbocycles. The molecule has 0 saturated carbocycles. The largest absolute Gasteiger partial charge is 0.495 e. The predicted molar refractivity (Wildman–Crippen MR) is 76.0 cm³/mol. The molecule has 2 aromatic carbocycles. The molecule has 1 unspecified atom stereocenters. The van der Waals surface area contributed by atoms with E-state index in [1.54, 1.807) is 7.11 Å². The van der Waals surface area contributed by atoms with Crippen molar-refractivity contribution in [1.82, 2.24) is 0 Å². The van der Waals surface area contributed by atoms with Crippen molar-refractivity contribution in [1.29, 1.82) is 5.26 Å². The molecule has 0 saturated heterocycles. The minimum Gasteiger partial charge on any atom is -0.495 e. The molecule has 0 bridgehead atoms. The molecule has 1 atom stereocenters. The van der Waals surface area contributed by atoms with Crippen molar-refractivity contribution in [3.05, 3.63) is 60.2 Å². The molecule has 0 fully saturated rings. The number of benzene rings is 2. The quantitative estimate of drug-likeness (QED) is 0.881. The molecule has 0 aliphatic rings. The van der Waals surface area contributed by atoms with Crippen molar-refractivity contribution < 1.29 is 4.74 Å².